The fraction of sp³-hybridized carbons (Fsp3) is 0.333. The molecule has 1 fully saturated rings. The molecule has 124 valence electrons. The second-order valence-electron chi connectivity index (χ2n) is 5.55. The van der Waals surface area contributed by atoms with Crippen molar-refractivity contribution >= 4 is 49.1 Å². The summed E-state index contributed by atoms with van der Waals surface area (Å²) in [4.78, 5) is 19.0. The highest BCUT2D eigenvalue weighted by molar-refractivity contribution is 7.22. The Morgan fingerprint density at radius 2 is 2.17 bits per heavy atom. The van der Waals surface area contributed by atoms with Crippen LogP contribution >= 0.6 is 22.7 Å². The molecule has 1 amide bonds. The minimum atomic E-state index is -0.0456. The number of nitrogens with one attached hydrogen (secondary N) is 1. The van der Waals surface area contributed by atoms with Crippen molar-refractivity contribution < 1.29 is 9.53 Å². The summed E-state index contributed by atoms with van der Waals surface area (Å²) in [6.45, 7) is 3.20. The van der Waals surface area contributed by atoms with Gasteiger partial charge in [0.2, 0.25) is 11.0 Å². The van der Waals surface area contributed by atoms with E-state index >= 15 is 0 Å². The molecule has 0 atom stereocenters. The average Bonchev–Trinajstić information content (AvgIpc) is 3.10. The molecule has 0 aliphatic carbocycles. The highest BCUT2D eigenvalue weighted by Crippen LogP contribution is 2.34. The average molecular weight is 361 g/mol. The molecule has 24 heavy (non-hydrogen) atoms. The number of hydrogen-bond donors (Lipinski definition) is 1. The summed E-state index contributed by atoms with van der Waals surface area (Å²) >= 11 is 3.01. The largest absolute Gasteiger partial charge is 0.497 e. The van der Waals surface area contributed by atoms with E-state index < -0.39 is 0 Å². The van der Waals surface area contributed by atoms with Crippen LogP contribution in [0.3, 0.4) is 0 Å². The standard InChI is InChI=1S/C15H15N5O2S2/c1-8-18-19-14(23-8)17-13(21)9-6-20(7-9)15-16-11-5-10(22-2)3-4-12(11)24-15/h3-5,9H,6-7H2,1-2H3,(H,17,19,21). The second kappa shape index (κ2) is 5.99. The van der Waals surface area contributed by atoms with Crippen LogP contribution in [0.5, 0.6) is 5.75 Å². The van der Waals surface area contributed by atoms with E-state index in [1.807, 2.05) is 25.1 Å². The smallest absolute Gasteiger partial charge is 0.232 e. The first-order valence-corrected chi connectivity index (χ1v) is 9.06. The molecule has 0 unspecified atom stereocenters. The fourth-order valence-electron chi connectivity index (χ4n) is 2.51. The molecule has 1 aliphatic rings. The van der Waals surface area contributed by atoms with Crippen molar-refractivity contribution in [3.05, 3.63) is 23.2 Å². The number of thiazole rings is 1. The number of methoxy groups -OCH3 is 1. The third kappa shape index (κ3) is 2.80. The van der Waals surface area contributed by atoms with E-state index in [-0.39, 0.29) is 11.8 Å². The fourth-order valence-corrected chi connectivity index (χ4v) is 4.07. The van der Waals surface area contributed by atoms with Crippen LogP contribution < -0.4 is 15.0 Å². The van der Waals surface area contributed by atoms with Gasteiger partial charge < -0.3 is 15.0 Å². The Kier molecular flexibility index (Phi) is 3.81. The topological polar surface area (TPSA) is 80.2 Å². The van der Waals surface area contributed by atoms with Gasteiger partial charge in [-0.05, 0) is 19.1 Å². The zero-order chi connectivity index (χ0) is 16.7. The van der Waals surface area contributed by atoms with Gasteiger partial charge in [-0.1, -0.05) is 22.7 Å². The molecule has 0 spiro atoms. The van der Waals surface area contributed by atoms with Crippen molar-refractivity contribution in [1.82, 2.24) is 15.2 Å². The van der Waals surface area contributed by atoms with Crippen LogP contribution in [0.25, 0.3) is 10.2 Å². The van der Waals surface area contributed by atoms with E-state index in [2.05, 4.69) is 25.4 Å². The maximum atomic E-state index is 12.2. The van der Waals surface area contributed by atoms with Crippen molar-refractivity contribution in [1.29, 1.82) is 0 Å². The number of carbonyl (C=O) groups is 1. The Balaban J connectivity index is 1.40. The minimum Gasteiger partial charge on any atom is -0.497 e. The lowest BCUT2D eigenvalue weighted by Gasteiger charge is -2.37. The summed E-state index contributed by atoms with van der Waals surface area (Å²) in [5, 5.41) is 13.0. The van der Waals surface area contributed by atoms with Crippen LogP contribution in [-0.4, -0.2) is 41.3 Å². The van der Waals surface area contributed by atoms with E-state index in [1.165, 1.54) is 11.3 Å². The van der Waals surface area contributed by atoms with Crippen LogP contribution in [0.4, 0.5) is 10.3 Å². The number of fused-ring (bicyclic) bond motifs is 1. The van der Waals surface area contributed by atoms with Gasteiger partial charge in [0, 0.05) is 19.2 Å². The molecule has 1 N–H and O–H groups in total. The first-order valence-electron chi connectivity index (χ1n) is 7.43. The first kappa shape index (κ1) is 15.3. The van der Waals surface area contributed by atoms with Gasteiger partial charge in [0.05, 0.1) is 23.2 Å². The van der Waals surface area contributed by atoms with Crippen molar-refractivity contribution in [3.8, 4) is 5.75 Å². The van der Waals surface area contributed by atoms with Gasteiger partial charge in [-0.25, -0.2) is 4.98 Å². The molecule has 0 bridgehead atoms. The summed E-state index contributed by atoms with van der Waals surface area (Å²) in [6.07, 6.45) is 0. The summed E-state index contributed by atoms with van der Waals surface area (Å²) in [7, 11) is 1.65. The normalized spacial score (nSPS) is 14.7. The number of ether oxygens (including phenoxy) is 1. The van der Waals surface area contributed by atoms with Crippen molar-refractivity contribution in [2.75, 3.05) is 30.4 Å². The van der Waals surface area contributed by atoms with Gasteiger partial charge >= 0.3 is 0 Å². The van der Waals surface area contributed by atoms with Gasteiger partial charge in [0.15, 0.2) is 5.13 Å². The Hall–Kier alpha value is -2.26. The predicted octanol–water partition coefficient (Wildman–Crippen LogP) is 2.54. The zero-order valence-corrected chi connectivity index (χ0v) is 14.8. The van der Waals surface area contributed by atoms with Crippen LogP contribution in [0.2, 0.25) is 0 Å². The highest BCUT2D eigenvalue weighted by atomic mass is 32.1. The lowest BCUT2D eigenvalue weighted by atomic mass is 10.0. The molecule has 1 aromatic carbocycles. The Bertz CT molecular complexity index is 900. The number of aromatic nitrogens is 3. The van der Waals surface area contributed by atoms with E-state index in [0.29, 0.717) is 18.2 Å². The minimum absolute atomic E-state index is 0.00909. The van der Waals surface area contributed by atoms with Gasteiger partial charge in [0.1, 0.15) is 10.8 Å². The van der Waals surface area contributed by atoms with E-state index in [1.54, 1.807) is 18.4 Å². The summed E-state index contributed by atoms with van der Waals surface area (Å²) in [5.74, 6) is 0.744. The van der Waals surface area contributed by atoms with Crippen LogP contribution in [0.15, 0.2) is 18.2 Å². The molecule has 9 heteroatoms. The molecule has 1 aliphatic heterocycles. The molecular weight excluding hydrogens is 346 g/mol. The Morgan fingerprint density at radius 1 is 1.33 bits per heavy atom. The molecule has 7 nitrogen and oxygen atoms in total. The van der Waals surface area contributed by atoms with Gasteiger partial charge in [-0.15, -0.1) is 10.2 Å². The van der Waals surface area contributed by atoms with E-state index in [0.717, 1.165) is 26.1 Å². The molecular formula is C15H15N5O2S2. The van der Waals surface area contributed by atoms with Crippen molar-refractivity contribution in [2.24, 2.45) is 5.92 Å². The Labute approximate surface area is 146 Å². The lowest BCUT2D eigenvalue weighted by Crippen LogP contribution is -2.52. The number of carbonyl (C=O) groups excluding carboxylic acids is 1. The number of benzene rings is 1. The van der Waals surface area contributed by atoms with Crippen molar-refractivity contribution in [3.63, 3.8) is 0 Å². The third-order valence-corrected chi connectivity index (χ3v) is 5.71. The second-order valence-corrected chi connectivity index (χ2v) is 7.74. The number of aryl methyl sites for hydroxylation is 1. The number of rotatable bonds is 4. The molecule has 3 heterocycles. The summed E-state index contributed by atoms with van der Waals surface area (Å²) in [6, 6.07) is 5.87. The van der Waals surface area contributed by atoms with Crippen LogP contribution in [0, 0.1) is 12.8 Å². The zero-order valence-electron chi connectivity index (χ0n) is 13.1. The van der Waals surface area contributed by atoms with Crippen LogP contribution in [-0.2, 0) is 4.79 Å². The highest BCUT2D eigenvalue weighted by Gasteiger charge is 2.34. The lowest BCUT2D eigenvalue weighted by molar-refractivity contribution is -0.120. The maximum absolute atomic E-state index is 12.2. The van der Waals surface area contributed by atoms with Gasteiger partial charge in [0.25, 0.3) is 0 Å². The summed E-state index contributed by atoms with van der Waals surface area (Å²) < 4.78 is 6.34. The number of anilines is 2. The van der Waals surface area contributed by atoms with Crippen LogP contribution in [0.1, 0.15) is 5.01 Å². The predicted molar refractivity (Wildman–Crippen MR) is 95.2 cm³/mol. The first-order chi connectivity index (χ1) is 11.6. The summed E-state index contributed by atoms with van der Waals surface area (Å²) in [5.41, 5.74) is 0.923. The number of nitrogens with zero attached hydrogens (tertiary/aromatic N) is 4. The quantitative estimate of drug-likeness (QED) is 0.769. The molecule has 1 saturated heterocycles. The monoisotopic (exact) mass is 361 g/mol. The number of hydrogen-bond acceptors (Lipinski definition) is 8. The molecule has 4 rings (SSSR count). The van der Waals surface area contributed by atoms with E-state index in [4.69, 9.17) is 4.74 Å². The number of amides is 1. The molecule has 0 saturated carbocycles. The third-order valence-electron chi connectivity index (χ3n) is 3.86. The van der Waals surface area contributed by atoms with Crippen molar-refractivity contribution in [2.45, 2.75) is 6.92 Å². The molecule has 3 aromatic rings. The maximum Gasteiger partial charge on any atom is 0.232 e. The Morgan fingerprint density at radius 3 is 2.88 bits per heavy atom. The molecule has 0 radical (unpaired) electrons. The van der Waals surface area contributed by atoms with Gasteiger partial charge in [-0.2, -0.15) is 0 Å². The van der Waals surface area contributed by atoms with Gasteiger partial charge in [-0.3, -0.25) is 4.79 Å². The molecule has 2 aromatic heterocycles. The SMILES string of the molecule is COc1ccc2sc(N3CC(C(=O)Nc4nnc(C)s4)C3)nc2c1. The van der Waals surface area contributed by atoms with E-state index in [9.17, 15) is 4.79 Å².